The van der Waals surface area contributed by atoms with Crippen LogP contribution < -0.4 is 5.32 Å². The van der Waals surface area contributed by atoms with Crippen molar-refractivity contribution in [1.29, 1.82) is 0 Å². The first kappa shape index (κ1) is 16.4. The number of hydrogen-bond donors (Lipinski definition) is 1. The van der Waals surface area contributed by atoms with E-state index in [1.165, 1.54) is 23.5 Å². The first-order valence-corrected chi connectivity index (χ1v) is 8.85. The van der Waals surface area contributed by atoms with Crippen molar-refractivity contribution in [3.05, 3.63) is 76.9 Å². The van der Waals surface area contributed by atoms with Gasteiger partial charge < -0.3 is 5.32 Å². The van der Waals surface area contributed by atoms with E-state index < -0.39 is 0 Å². The standard InChI is InChI=1S/C19H15FN4OS/c1-12-17(10-22-18(25)14-6-8-21-9-7-14)26-19-23-16(11-24(12)19)13-2-4-15(20)5-3-13/h2-9,11H,10H2,1H3,(H,22,25). The predicted molar refractivity (Wildman–Crippen MR) is 98.6 cm³/mol. The van der Waals surface area contributed by atoms with Gasteiger partial charge in [-0.15, -0.1) is 0 Å². The van der Waals surface area contributed by atoms with Gasteiger partial charge in [0.25, 0.3) is 5.91 Å². The highest BCUT2D eigenvalue weighted by molar-refractivity contribution is 7.17. The summed E-state index contributed by atoms with van der Waals surface area (Å²) in [5, 5.41) is 2.92. The van der Waals surface area contributed by atoms with Gasteiger partial charge in [-0.3, -0.25) is 14.2 Å². The molecule has 0 radical (unpaired) electrons. The fourth-order valence-electron chi connectivity index (χ4n) is 2.68. The third-order valence-corrected chi connectivity index (χ3v) is 5.30. The number of fused-ring (bicyclic) bond motifs is 1. The number of imidazole rings is 1. The highest BCUT2D eigenvalue weighted by Crippen LogP contribution is 2.27. The molecule has 0 unspecified atom stereocenters. The fourth-order valence-corrected chi connectivity index (χ4v) is 3.73. The molecule has 1 amide bonds. The van der Waals surface area contributed by atoms with E-state index in [4.69, 9.17) is 0 Å². The molecule has 0 atom stereocenters. The van der Waals surface area contributed by atoms with Crippen molar-refractivity contribution in [2.45, 2.75) is 13.5 Å². The van der Waals surface area contributed by atoms with Gasteiger partial charge in [-0.05, 0) is 43.3 Å². The van der Waals surface area contributed by atoms with E-state index in [0.29, 0.717) is 12.1 Å². The second kappa shape index (κ2) is 6.68. The van der Waals surface area contributed by atoms with E-state index in [0.717, 1.165) is 26.8 Å². The quantitative estimate of drug-likeness (QED) is 0.597. The van der Waals surface area contributed by atoms with Crippen LogP contribution in [0, 0.1) is 12.7 Å². The highest BCUT2D eigenvalue weighted by atomic mass is 32.1. The topological polar surface area (TPSA) is 59.3 Å². The normalized spacial score (nSPS) is 11.0. The number of thiazole rings is 1. The molecule has 7 heteroatoms. The van der Waals surface area contributed by atoms with E-state index in [1.54, 1.807) is 36.7 Å². The van der Waals surface area contributed by atoms with Crippen molar-refractivity contribution >= 4 is 22.2 Å². The maximum absolute atomic E-state index is 13.1. The van der Waals surface area contributed by atoms with Crippen LogP contribution in [0.3, 0.4) is 0 Å². The summed E-state index contributed by atoms with van der Waals surface area (Å²) in [5.74, 6) is -0.400. The summed E-state index contributed by atoms with van der Waals surface area (Å²) < 4.78 is 15.1. The molecule has 4 aromatic rings. The predicted octanol–water partition coefficient (Wildman–Crippen LogP) is 3.84. The number of carbonyl (C=O) groups is 1. The van der Waals surface area contributed by atoms with E-state index in [2.05, 4.69) is 15.3 Å². The molecule has 3 heterocycles. The zero-order valence-electron chi connectivity index (χ0n) is 13.9. The Morgan fingerprint density at radius 2 is 1.92 bits per heavy atom. The molecule has 1 aromatic carbocycles. The van der Waals surface area contributed by atoms with E-state index >= 15 is 0 Å². The lowest BCUT2D eigenvalue weighted by Gasteiger charge is -2.04. The number of benzene rings is 1. The molecule has 0 saturated carbocycles. The summed E-state index contributed by atoms with van der Waals surface area (Å²) in [5.41, 5.74) is 3.28. The monoisotopic (exact) mass is 366 g/mol. The van der Waals surface area contributed by atoms with Crippen LogP contribution >= 0.6 is 11.3 Å². The smallest absolute Gasteiger partial charge is 0.251 e. The summed E-state index contributed by atoms with van der Waals surface area (Å²) in [4.78, 5) is 22.6. The number of amides is 1. The average molecular weight is 366 g/mol. The van der Waals surface area contributed by atoms with Gasteiger partial charge in [0, 0.05) is 40.3 Å². The molecule has 0 fully saturated rings. The van der Waals surface area contributed by atoms with Gasteiger partial charge in [-0.25, -0.2) is 9.37 Å². The maximum Gasteiger partial charge on any atom is 0.251 e. The molecule has 4 rings (SSSR count). The number of aromatic nitrogens is 3. The average Bonchev–Trinajstić information content (AvgIpc) is 3.20. The molecule has 0 aliphatic rings. The Kier molecular flexibility index (Phi) is 4.22. The minimum absolute atomic E-state index is 0.134. The molecule has 0 spiro atoms. The number of nitrogens with one attached hydrogen (secondary N) is 1. The van der Waals surface area contributed by atoms with E-state index in [9.17, 15) is 9.18 Å². The summed E-state index contributed by atoms with van der Waals surface area (Å²) in [6.45, 7) is 2.43. The van der Waals surface area contributed by atoms with Gasteiger partial charge in [-0.2, -0.15) is 0 Å². The molecule has 0 saturated heterocycles. The number of pyridine rings is 1. The number of aryl methyl sites for hydroxylation is 1. The summed E-state index contributed by atoms with van der Waals surface area (Å²) in [6, 6.07) is 9.64. The van der Waals surface area contributed by atoms with Crippen LogP contribution in [0.25, 0.3) is 16.2 Å². The molecular formula is C19H15FN4OS. The van der Waals surface area contributed by atoms with Crippen molar-refractivity contribution in [2.24, 2.45) is 0 Å². The van der Waals surface area contributed by atoms with Crippen molar-refractivity contribution in [3.63, 3.8) is 0 Å². The lowest BCUT2D eigenvalue weighted by molar-refractivity contribution is 0.0951. The molecule has 5 nitrogen and oxygen atoms in total. The van der Waals surface area contributed by atoms with Crippen LogP contribution in [0.15, 0.2) is 55.0 Å². The van der Waals surface area contributed by atoms with Gasteiger partial charge in [0.2, 0.25) is 0 Å². The third-order valence-electron chi connectivity index (χ3n) is 4.14. The van der Waals surface area contributed by atoms with Crippen LogP contribution in [0.2, 0.25) is 0 Å². The zero-order valence-corrected chi connectivity index (χ0v) is 14.8. The zero-order chi connectivity index (χ0) is 18.1. The molecular weight excluding hydrogens is 351 g/mol. The Balaban J connectivity index is 1.54. The minimum atomic E-state index is -0.266. The van der Waals surface area contributed by atoms with E-state index in [1.807, 2.05) is 17.5 Å². The number of carbonyl (C=O) groups excluding carboxylic acids is 1. The van der Waals surface area contributed by atoms with Gasteiger partial charge in [-0.1, -0.05) is 11.3 Å². The number of rotatable bonds is 4. The van der Waals surface area contributed by atoms with Crippen molar-refractivity contribution in [3.8, 4) is 11.3 Å². The third kappa shape index (κ3) is 3.09. The van der Waals surface area contributed by atoms with Crippen molar-refractivity contribution in [1.82, 2.24) is 19.7 Å². The molecule has 1 N–H and O–H groups in total. The molecule has 3 aromatic heterocycles. The maximum atomic E-state index is 13.1. The van der Waals surface area contributed by atoms with Crippen LogP contribution in [-0.2, 0) is 6.54 Å². The number of nitrogens with zero attached hydrogens (tertiary/aromatic N) is 3. The minimum Gasteiger partial charge on any atom is -0.347 e. The van der Waals surface area contributed by atoms with Crippen molar-refractivity contribution < 1.29 is 9.18 Å². The molecule has 0 aliphatic heterocycles. The molecule has 0 bridgehead atoms. The Labute approximate surface area is 153 Å². The van der Waals surface area contributed by atoms with Crippen molar-refractivity contribution in [2.75, 3.05) is 0 Å². The Bertz CT molecular complexity index is 1070. The Morgan fingerprint density at radius 3 is 2.62 bits per heavy atom. The fraction of sp³-hybridized carbons (Fsp3) is 0.105. The van der Waals surface area contributed by atoms with Crippen LogP contribution in [0.5, 0.6) is 0 Å². The SMILES string of the molecule is Cc1c(CNC(=O)c2ccncc2)sc2nc(-c3ccc(F)cc3)cn12. The van der Waals surface area contributed by atoms with Gasteiger partial charge in [0.15, 0.2) is 4.96 Å². The first-order valence-electron chi connectivity index (χ1n) is 8.03. The highest BCUT2D eigenvalue weighted by Gasteiger charge is 2.14. The van der Waals surface area contributed by atoms with E-state index in [-0.39, 0.29) is 11.7 Å². The van der Waals surface area contributed by atoms with Gasteiger partial charge in [0.1, 0.15) is 5.82 Å². The summed E-state index contributed by atoms with van der Waals surface area (Å²) in [7, 11) is 0. The Morgan fingerprint density at radius 1 is 1.19 bits per heavy atom. The number of hydrogen-bond acceptors (Lipinski definition) is 4. The summed E-state index contributed by atoms with van der Waals surface area (Å²) >= 11 is 1.53. The Hall–Kier alpha value is -3.06. The van der Waals surface area contributed by atoms with Gasteiger partial charge >= 0.3 is 0 Å². The second-order valence-corrected chi connectivity index (χ2v) is 6.88. The largest absolute Gasteiger partial charge is 0.347 e. The summed E-state index contributed by atoms with van der Waals surface area (Å²) in [6.07, 6.45) is 5.12. The number of halogens is 1. The molecule has 130 valence electrons. The molecule has 0 aliphatic carbocycles. The van der Waals surface area contributed by atoms with Gasteiger partial charge in [0.05, 0.1) is 12.2 Å². The van der Waals surface area contributed by atoms with Crippen LogP contribution in [-0.4, -0.2) is 20.3 Å². The lowest BCUT2D eigenvalue weighted by Crippen LogP contribution is -2.22. The lowest BCUT2D eigenvalue weighted by atomic mass is 10.2. The first-order chi connectivity index (χ1) is 12.6. The second-order valence-electron chi connectivity index (χ2n) is 5.81. The molecule has 26 heavy (non-hydrogen) atoms. The van der Waals surface area contributed by atoms with Crippen LogP contribution in [0.1, 0.15) is 20.9 Å². The van der Waals surface area contributed by atoms with Crippen LogP contribution in [0.4, 0.5) is 4.39 Å².